The Morgan fingerprint density at radius 1 is 1.25 bits per heavy atom. The van der Waals surface area contributed by atoms with Gasteiger partial charge in [0.25, 0.3) is 0 Å². The summed E-state index contributed by atoms with van der Waals surface area (Å²) in [6, 6.07) is 0.298. The number of hydrogen-bond donors (Lipinski definition) is 0. The average molecular weight is 300 g/mol. The Morgan fingerprint density at radius 3 is 2.65 bits per heavy atom. The highest BCUT2D eigenvalue weighted by atomic mass is 35.5. The van der Waals surface area contributed by atoms with E-state index >= 15 is 0 Å². The maximum absolute atomic E-state index is 6.07. The molecule has 1 aromatic heterocycles. The summed E-state index contributed by atoms with van der Waals surface area (Å²) in [5.74, 6) is 1.30. The zero-order valence-electron chi connectivity index (χ0n) is 12.3. The number of hydrogen-bond acceptors (Lipinski definition) is 6. The second-order valence-electron chi connectivity index (χ2n) is 4.71. The Balaban J connectivity index is 2.30. The lowest BCUT2D eigenvalue weighted by Gasteiger charge is -2.35. The van der Waals surface area contributed by atoms with E-state index < -0.39 is 0 Å². The van der Waals surface area contributed by atoms with Crippen LogP contribution >= 0.6 is 11.6 Å². The zero-order chi connectivity index (χ0) is 14.5. The van der Waals surface area contributed by atoms with E-state index in [1.54, 1.807) is 0 Å². The highest BCUT2D eigenvalue weighted by Crippen LogP contribution is 2.21. The quantitative estimate of drug-likeness (QED) is 0.829. The first kappa shape index (κ1) is 15.3. The first-order valence-electron chi connectivity index (χ1n) is 7.20. The van der Waals surface area contributed by atoms with Crippen LogP contribution in [0.15, 0.2) is 0 Å². The molecule has 20 heavy (non-hydrogen) atoms. The smallest absolute Gasteiger partial charge is 0.231 e. The molecule has 6 nitrogen and oxygen atoms in total. The SMILES string of the molecule is CCC1COCCN1c1nc(Cl)nc(N(CC)CC)n1. The minimum atomic E-state index is 0.248. The first-order chi connectivity index (χ1) is 9.69. The molecule has 1 aliphatic heterocycles. The lowest BCUT2D eigenvalue weighted by atomic mass is 10.2. The van der Waals surface area contributed by atoms with Gasteiger partial charge in [0.1, 0.15) is 0 Å². The minimum Gasteiger partial charge on any atom is -0.377 e. The summed E-state index contributed by atoms with van der Waals surface area (Å²) in [5.41, 5.74) is 0. The lowest BCUT2D eigenvalue weighted by molar-refractivity contribution is 0.0921. The molecular formula is C13H22ClN5O. The molecule has 0 N–H and O–H groups in total. The van der Waals surface area contributed by atoms with E-state index in [1.807, 2.05) is 0 Å². The van der Waals surface area contributed by atoms with Crippen LogP contribution in [-0.4, -0.2) is 53.8 Å². The van der Waals surface area contributed by atoms with E-state index in [-0.39, 0.29) is 5.28 Å². The zero-order valence-corrected chi connectivity index (χ0v) is 13.1. The fraction of sp³-hybridized carbons (Fsp3) is 0.769. The summed E-state index contributed by atoms with van der Waals surface area (Å²) in [5, 5.41) is 0.248. The highest BCUT2D eigenvalue weighted by Gasteiger charge is 2.25. The Morgan fingerprint density at radius 2 is 2.00 bits per heavy atom. The standard InChI is InChI=1S/C13H22ClN5O/c1-4-10-9-20-8-7-19(10)13-16-11(14)15-12(17-13)18(5-2)6-3/h10H,4-9H2,1-3H3. The molecule has 0 spiro atoms. The molecule has 2 heterocycles. The molecule has 112 valence electrons. The molecular weight excluding hydrogens is 278 g/mol. The van der Waals surface area contributed by atoms with Gasteiger partial charge in [-0.3, -0.25) is 0 Å². The summed E-state index contributed by atoms with van der Waals surface area (Å²) in [6.45, 7) is 10.2. The summed E-state index contributed by atoms with van der Waals surface area (Å²) in [4.78, 5) is 17.4. The molecule has 0 amide bonds. The number of anilines is 2. The third-order valence-corrected chi connectivity index (χ3v) is 3.76. The van der Waals surface area contributed by atoms with Crippen LogP contribution in [0, 0.1) is 0 Å². The third-order valence-electron chi connectivity index (χ3n) is 3.59. The minimum absolute atomic E-state index is 0.248. The predicted octanol–water partition coefficient (Wildman–Crippen LogP) is 1.99. The summed E-state index contributed by atoms with van der Waals surface area (Å²) >= 11 is 6.07. The first-order valence-corrected chi connectivity index (χ1v) is 7.58. The van der Waals surface area contributed by atoms with Crippen LogP contribution in [0.3, 0.4) is 0 Å². The lowest BCUT2D eigenvalue weighted by Crippen LogP contribution is -2.46. The van der Waals surface area contributed by atoms with Crippen molar-refractivity contribution in [3.05, 3.63) is 5.28 Å². The molecule has 7 heteroatoms. The predicted molar refractivity (Wildman–Crippen MR) is 80.6 cm³/mol. The maximum atomic E-state index is 6.07. The Kier molecular flexibility index (Phi) is 5.37. The molecule has 0 bridgehead atoms. The van der Waals surface area contributed by atoms with E-state index in [1.165, 1.54) is 0 Å². The van der Waals surface area contributed by atoms with Crippen molar-refractivity contribution >= 4 is 23.5 Å². The van der Waals surface area contributed by atoms with Crippen molar-refractivity contribution in [1.29, 1.82) is 0 Å². The van der Waals surface area contributed by atoms with Gasteiger partial charge in [0.2, 0.25) is 17.2 Å². The Labute approximate surface area is 125 Å². The van der Waals surface area contributed by atoms with Crippen LogP contribution in [0.1, 0.15) is 27.2 Å². The molecule has 1 unspecified atom stereocenters. The largest absolute Gasteiger partial charge is 0.377 e. The average Bonchev–Trinajstić information content (AvgIpc) is 2.48. The molecule has 1 atom stereocenters. The number of ether oxygens (including phenoxy) is 1. The molecule has 0 aromatic carbocycles. The van der Waals surface area contributed by atoms with Gasteiger partial charge in [0.15, 0.2) is 0 Å². The number of nitrogens with zero attached hydrogens (tertiary/aromatic N) is 5. The van der Waals surface area contributed by atoms with Crippen molar-refractivity contribution in [2.75, 3.05) is 42.6 Å². The van der Waals surface area contributed by atoms with E-state index in [9.17, 15) is 0 Å². The normalized spacial score (nSPS) is 19.2. The van der Waals surface area contributed by atoms with E-state index in [4.69, 9.17) is 16.3 Å². The van der Waals surface area contributed by atoms with Crippen LogP contribution in [0.25, 0.3) is 0 Å². The number of halogens is 1. The van der Waals surface area contributed by atoms with Gasteiger partial charge in [-0.25, -0.2) is 0 Å². The maximum Gasteiger partial charge on any atom is 0.231 e. The fourth-order valence-corrected chi connectivity index (χ4v) is 2.51. The van der Waals surface area contributed by atoms with Gasteiger partial charge in [-0.15, -0.1) is 0 Å². The van der Waals surface area contributed by atoms with Crippen LogP contribution in [-0.2, 0) is 4.74 Å². The van der Waals surface area contributed by atoms with E-state index in [0.717, 1.165) is 26.1 Å². The monoisotopic (exact) mass is 299 g/mol. The fourth-order valence-electron chi connectivity index (χ4n) is 2.36. The van der Waals surface area contributed by atoms with Crippen molar-refractivity contribution < 1.29 is 4.74 Å². The van der Waals surface area contributed by atoms with Crippen molar-refractivity contribution in [3.8, 4) is 0 Å². The molecule has 1 saturated heterocycles. The van der Waals surface area contributed by atoms with Gasteiger partial charge in [-0.2, -0.15) is 15.0 Å². The van der Waals surface area contributed by atoms with Crippen LogP contribution < -0.4 is 9.80 Å². The van der Waals surface area contributed by atoms with Gasteiger partial charge < -0.3 is 14.5 Å². The second-order valence-corrected chi connectivity index (χ2v) is 5.05. The van der Waals surface area contributed by atoms with Crippen LogP contribution in [0.2, 0.25) is 5.28 Å². The highest BCUT2D eigenvalue weighted by molar-refractivity contribution is 6.28. The van der Waals surface area contributed by atoms with Crippen LogP contribution in [0.5, 0.6) is 0 Å². The summed E-state index contributed by atoms with van der Waals surface area (Å²) < 4.78 is 5.52. The molecule has 1 aromatic rings. The number of aromatic nitrogens is 3. The summed E-state index contributed by atoms with van der Waals surface area (Å²) in [6.07, 6.45) is 0.990. The van der Waals surface area contributed by atoms with E-state index in [2.05, 4.69) is 45.5 Å². The molecule has 0 saturated carbocycles. The van der Waals surface area contributed by atoms with Crippen LogP contribution in [0.4, 0.5) is 11.9 Å². The third kappa shape index (κ3) is 3.30. The topological polar surface area (TPSA) is 54.4 Å². The van der Waals surface area contributed by atoms with Gasteiger partial charge in [0, 0.05) is 19.6 Å². The van der Waals surface area contributed by atoms with Crippen molar-refractivity contribution in [1.82, 2.24) is 15.0 Å². The van der Waals surface area contributed by atoms with Gasteiger partial charge >= 0.3 is 0 Å². The number of morpholine rings is 1. The molecule has 0 radical (unpaired) electrons. The molecule has 1 fully saturated rings. The van der Waals surface area contributed by atoms with E-state index in [0.29, 0.717) is 31.2 Å². The second kappa shape index (κ2) is 7.04. The van der Waals surface area contributed by atoms with Crippen molar-refractivity contribution in [2.45, 2.75) is 33.2 Å². The molecule has 0 aliphatic carbocycles. The van der Waals surface area contributed by atoms with Gasteiger partial charge in [-0.1, -0.05) is 6.92 Å². The van der Waals surface area contributed by atoms with Crippen molar-refractivity contribution in [2.24, 2.45) is 0 Å². The Hall–Kier alpha value is -1.14. The van der Waals surface area contributed by atoms with Crippen molar-refractivity contribution in [3.63, 3.8) is 0 Å². The van der Waals surface area contributed by atoms with Gasteiger partial charge in [-0.05, 0) is 31.9 Å². The van der Waals surface area contributed by atoms with Gasteiger partial charge in [0.05, 0.1) is 19.3 Å². The molecule has 2 rings (SSSR count). The molecule has 1 aliphatic rings. The summed E-state index contributed by atoms with van der Waals surface area (Å²) in [7, 11) is 0. The number of rotatable bonds is 5. The Bertz CT molecular complexity index is 441.